The predicted octanol–water partition coefficient (Wildman–Crippen LogP) is 1.84. The minimum absolute atomic E-state index is 0.104. The summed E-state index contributed by atoms with van der Waals surface area (Å²) < 4.78 is 37.1. The SMILES string of the molecule is N/C(=N/O)c1cccn1CCSC(F)(F)F. The second-order valence-electron chi connectivity index (χ2n) is 2.87. The average Bonchev–Trinajstić information content (AvgIpc) is 2.63. The molecule has 1 heterocycles. The van der Waals surface area contributed by atoms with E-state index in [1.807, 2.05) is 0 Å². The van der Waals surface area contributed by atoms with Crippen LogP contribution < -0.4 is 5.73 Å². The largest absolute Gasteiger partial charge is 0.441 e. The number of halogens is 3. The van der Waals surface area contributed by atoms with Crippen LogP contribution in [-0.2, 0) is 6.54 Å². The summed E-state index contributed by atoms with van der Waals surface area (Å²) in [7, 11) is 0. The highest BCUT2D eigenvalue weighted by atomic mass is 32.2. The Hall–Kier alpha value is -1.31. The van der Waals surface area contributed by atoms with Crippen LogP contribution in [0.4, 0.5) is 13.2 Å². The fourth-order valence-corrected chi connectivity index (χ4v) is 1.67. The van der Waals surface area contributed by atoms with Gasteiger partial charge in [0.15, 0.2) is 5.84 Å². The zero-order chi connectivity index (χ0) is 12.2. The molecule has 0 bridgehead atoms. The van der Waals surface area contributed by atoms with Gasteiger partial charge in [0.1, 0.15) is 0 Å². The van der Waals surface area contributed by atoms with Crippen LogP contribution in [0, 0.1) is 0 Å². The molecule has 0 saturated heterocycles. The number of aromatic nitrogens is 1. The predicted molar refractivity (Wildman–Crippen MR) is 55.5 cm³/mol. The zero-order valence-corrected chi connectivity index (χ0v) is 8.92. The number of rotatable bonds is 4. The molecule has 0 aromatic carbocycles. The van der Waals surface area contributed by atoms with Crippen molar-refractivity contribution < 1.29 is 18.4 Å². The van der Waals surface area contributed by atoms with Gasteiger partial charge >= 0.3 is 5.51 Å². The third-order valence-electron chi connectivity index (χ3n) is 1.80. The van der Waals surface area contributed by atoms with E-state index in [4.69, 9.17) is 10.9 Å². The number of alkyl halides is 3. The van der Waals surface area contributed by atoms with Crippen LogP contribution >= 0.6 is 11.8 Å². The van der Waals surface area contributed by atoms with Gasteiger partial charge in [-0.15, -0.1) is 0 Å². The van der Waals surface area contributed by atoms with Crippen LogP contribution in [0.2, 0.25) is 0 Å². The van der Waals surface area contributed by atoms with Crippen molar-refractivity contribution in [1.82, 2.24) is 4.57 Å². The standard InChI is InChI=1S/C8H10F3N3OS/c9-8(10,11)16-5-4-14-3-1-2-6(14)7(12)13-15/h1-3,15H,4-5H2,(H2,12,13). The van der Waals surface area contributed by atoms with Gasteiger partial charge in [0.05, 0.1) is 5.69 Å². The molecule has 0 aliphatic rings. The van der Waals surface area contributed by atoms with Gasteiger partial charge in [-0.05, 0) is 23.9 Å². The summed E-state index contributed by atoms with van der Waals surface area (Å²) in [5.74, 6) is -0.244. The molecule has 0 saturated carbocycles. The van der Waals surface area contributed by atoms with Gasteiger partial charge in [0.25, 0.3) is 0 Å². The first-order valence-corrected chi connectivity index (χ1v) is 5.26. The van der Waals surface area contributed by atoms with Crippen LogP contribution in [-0.4, -0.2) is 26.9 Å². The van der Waals surface area contributed by atoms with Crippen molar-refractivity contribution in [1.29, 1.82) is 0 Å². The highest BCUT2D eigenvalue weighted by molar-refractivity contribution is 8.00. The number of nitrogens with zero attached hydrogens (tertiary/aromatic N) is 2. The molecule has 90 valence electrons. The van der Waals surface area contributed by atoms with Crippen molar-refractivity contribution in [2.24, 2.45) is 10.9 Å². The van der Waals surface area contributed by atoms with E-state index in [0.717, 1.165) is 0 Å². The molecule has 1 aromatic rings. The van der Waals surface area contributed by atoms with Crippen molar-refractivity contribution >= 4 is 17.6 Å². The average molecular weight is 253 g/mol. The van der Waals surface area contributed by atoms with Gasteiger partial charge in [0, 0.05) is 18.5 Å². The molecule has 0 fully saturated rings. The quantitative estimate of drug-likeness (QED) is 0.372. The molecule has 0 unspecified atom stereocenters. The summed E-state index contributed by atoms with van der Waals surface area (Å²) in [4.78, 5) is 0. The second-order valence-corrected chi connectivity index (χ2v) is 4.03. The van der Waals surface area contributed by atoms with Crippen molar-refractivity contribution in [3.8, 4) is 0 Å². The molecule has 3 N–H and O–H groups in total. The fraction of sp³-hybridized carbons (Fsp3) is 0.375. The van der Waals surface area contributed by atoms with E-state index < -0.39 is 5.51 Å². The lowest BCUT2D eigenvalue weighted by atomic mass is 10.4. The summed E-state index contributed by atoms with van der Waals surface area (Å²) >= 11 is -0.104. The summed E-state index contributed by atoms with van der Waals surface area (Å²) in [5.41, 5.74) is 1.51. The second kappa shape index (κ2) is 5.15. The maximum atomic E-state index is 11.9. The Morgan fingerprint density at radius 3 is 2.81 bits per heavy atom. The minimum atomic E-state index is -4.23. The van der Waals surface area contributed by atoms with E-state index in [9.17, 15) is 13.2 Å². The highest BCUT2D eigenvalue weighted by Crippen LogP contribution is 2.30. The molecular weight excluding hydrogens is 243 g/mol. The first kappa shape index (κ1) is 12.8. The molecule has 0 aliphatic carbocycles. The fourth-order valence-electron chi connectivity index (χ4n) is 1.15. The molecule has 0 amide bonds. The van der Waals surface area contributed by atoms with Crippen molar-refractivity contribution in [3.63, 3.8) is 0 Å². The lowest BCUT2D eigenvalue weighted by molar-refractivity contribution is -0.0328. The molecule has 4 nitrogen and oxygen atoms in total. The molecule has 8 heteroatoms. The van der Waals surface area contributed by atoms with Crippen molar-refractivity contribution in [2.45, 2.75) is 12.1 Å². The maximum Gasteiger partial charge on any atom is 0.441 e. The maximum absolute atomic E-state index is 11.9. The lowest BCUT2D eigenvalue weighted by Crippen LogP contribution is -2.19. The molecule has 0 spiro atoms. The van der Waals surface area contributed by atoms with Crippen LogP contribution in [0.15, 0.2) is 23.5 Å². The Labute approximate surface area is 93.9 Å². The highest BCUT2D eigenvalue weighted by Gasteiger charge is 2.27. The molecule has 16 heavy (non-hydrogen) atoms. The zero-order valence-electron chi connectivity index (χ0n) is 8.11. The van der Waals surface area contributed by atoms with E-state index in [1.54, 1.807) is 18.3 Å². The third-order valence-corrected chi connectivity index (χ3v) is 2.51. The first-order chi connectivity index (χ1) is 7.44. The number of hydrogen-bond acceptors (Lipinski definition) is 3. The molecular formula is C8H10F3N3OS. The summed E-state index contributed by atoms with van der Waals surface area (Å²) in [6.45, 7) is 0.142. The number of nitrogens with two attached hydrogens (primary N) is 1. The molecule has 0 aliphatic heterocycles. The summed E-state index contributed by atoms with van der Waals surface area (Å²) in [5, 5.41) is 11.2. The summed E-state index contributed by atoms with van der Waals surface area (Å²) in [6, 6.07) is 3.18. The Bertz CT molecular complexity index is 375. The first-order valence-electron chi connectivity index (χ1n) is 4.28. The topological polar surface area (TPSA) is 63.5 Å². The Morgan fingerprint density at radius 1 is 1.56 bits per heavy atom. The Balaban J connectivity index is 2.58. The normalized spacial score (nSPS) is 13.1. The van der Waals surface area contributed by atoms with Crippen LogP contribution in [0.5, 0.6) is 0 Å². The number of oxime groups is 1. The van der Waals surface area contributed by atoms with Gasteiger partial charge in [-0.2, -0.15) is 13.2 Å². The molecule has 0 atom stereocenters. The van der Waals surface area contributed by atoms with Gasteiger partial charge < -0.3 is 15.5 Å². The van der Waals surface area contributed by atoms with Crippen LogP contribution in [0.1, 0.15) is 5.69 Å². The number of amidine groups is 1. The smallest absolute Gasteiger partial charge is 0.409 e. The van der Waals surface area contributed by atoms with Crippen molar-refractivity contribution in [2.75, 3.05) is 5.75 Å². The Kier molecular flexibility index (Phi) is 4.11. The van der Waals surface area contributed by atoms with E-state index in [0.29, 0.717) is 5.69 Å². The van der Waals surface area contributed by atoms with Gasteiger partial charge in [-0.25, -0.2) is 0 Å². The third kappa shape index (κ3) is 3.69. The number of hydrogen-bond donors (Lipinski definition) is 2. The molecule has 1 aromatic heterocycles. The van der Waals surface area contributed by atoms with E-state index in [1.165, 1.54) is 4.57 Å². The van der Waals surface area contributed by atoms with Gasteiger partial charge in [-0.1, -0.05) is 5.16 Å². The molecule has 1 rings (SSSR count). The van der Waals surface area contributed by atoms with Gasteiger partial charge in [-0.3, -0.25) is 0 Å². The van der Waals surface area contributed by atoms with E-state index in [-0.39, 0.29) is 29.9 Å². The van der Waals surface area contributed by atoms with Gasteiger partial charge in [0.2, 0.25) is 0 Å². The lowest BCUT2D eigenvalue weighted by Gasteiger charge is -2.09. The number of thioether (sulfide) groups is 1. The van der Waals surface area contributed by atoms with Crippen LogP contribution in [0.3, 0.4) is 0 Å². The summed E-state index contributed by atoms with van der Waals surface area (Å²) in [6.07, 6.45) is 1.57. The van der Waals surface area contributed by atoms with Crippen LogP contribution in [0.25, 0.3) is 0 Å². The number of aryl methyl sites for hydroxylation is 1. The minimum Gasteiger partial charge on any atom is -0.409 e. The van der Waals surface area contributed by atoms with E-state index >= 15 is 0 Å². The van der Waals surface area contributed by atoms with E-state index in [2.05, 4.69) is 5.16 Å². The molecule has 0 radical (unpaired) electrons. The van der Waals surface area contributed by atoms with Crippen molar-refractivity contribution in [3.05, 3.63) is 24.0 Å². The monoisotopic (exact) mass is 253 g/mol. The Morgan fingerprint density at radius 2 is 2.25 bits per heavy atom.